The second kappa shape index (κ2) is 7.35. The molecule has 1 fully saturated rings. The Labute approximate surface area is 159 Å². The number of rotatable bonds is 5. The van der Waals surface area contributed by atoms with E-state index >= 15 is 0 Å². The maximum absolute atomic E-state index is 12.7. The van der Waals surface area contributed by atoms with Crippen molar-refractivity contribution >= 4 is 23.3 Å². The van der Waals surface area contributed by atoms with Gasteiger partial charge >= 0.3 is 0 Å². The van der Waals surface area contributed by atoms with Crippen LogP contribution in [0.1, 0.15) is 38.1 Å². The van der Waals surface area contributed by atoms with E-state index in [4.69, 9.17) is 0 Å². The van der Waals surface area contributed by atoms with Crippen molar-refractivity contribution in [3.8, 4) is 0 Å². The van der Waals surface area contributed by atoms with Gasteiger partial charge in [0.05, 0.1) is 5.92 Å². The summed E-state index contributed by atoms with van der Waals surface area (Å²) >= 11 is 0. The maximum atomic E-state index is 12.7. The lowest BCUT2D eigenvalue weighted by atomic mass is 10.1. The molecule has 0 aliphatic heterocycles. The molecular weight excluding hydrogens is 338 g/mol. The molecule has 1 aliphatic rings. The fourth-order valence-corrected chi connectivity index (χ4v) is 3.43. The van der Waals surface area contributed by atoms with E-state index in [-0.39, 0.29) is 29.1 Å². The molecular formula is C22H25N3O2. The minimum atomic E-state index is -0.265. The SMILES string of the molecule is CC(C)=C[C@H]1[C@@H](C(=O)Nc2cccc(C(=O)Nc3ccccn3)c2)C1(C)C. The molecule has 2 N–H and O–H groups in total. The number of aromatic nitrogens is 1. The summed E-state index contributed by atoms with van der Waals surface area (Å²) in [6.45, 7) is 8.32. The molecule has 1 heterocycles. The predicted octanol–water partition coefficient (Wildman–Crippen LogP) is 4.51. The lowest BCUT2D eigenvalue weighted by Crippen LogP contribution is -2.18. The number of carbonyl (C=O) groups excluding carboxylic acids is 2. The van der Waals surface area contributed by atoms with Crippen LogP contribution in [0.4, 0.5) is 11.5 Å². The van der Waals surface area contributed by atoms with Crippen LogP contribution in [-0.2, 0) is 4.79 Å². The van der Waals surface area contributed by atoms with Gasteiger partial charge in [0, 0.05) is 17.4 Å². The second-order valence-corrected chi connectivity index (χ2v) is 7.81. The van der Waals surface area contributed by atoms with Crippen molar-refractivity contribution in [2.75, 3.05) is 10.6 Å². The van der Waals surface area contributed by atoms with Crippen LogP contribution in [0, 0.1) is 17.3 Å². The van der Waals surface area contributed by atoms with E-state index in [1.165, 1.54) is 5.57 Å². The number of carbonyl (C=O) groups is 2. The van der Waals surface area contributed by atoms with E-state index in [2.05, 4.69) is 35.5 Å². The van der Waals surface area contributed by atoms with Gasteiger partial charge in [-0.1, -0.05) is 37.6 Å². The van der Waals surface area contributed by atoms with Gasteiger partial charge in [-0.3, -0.25) is 9.59 Å². The highest BCUT2D eigenvalue weighted by molar-refractivity contribution is 6.05. The van der Waals surface area contributed by atoms with Crippen LogP contribution >= 0.6 is 0 Å². The Morgan fingerprint density at radius 2 is 1.85 bits per heavy atom. The molecule has 0 saturated heterocycles. The quantitative estimate of drug-likeness (QED) is 0.768. The van der Waals surface area contributed by atoms with E-state index in [1.807, 2.05) is 13.8 Å². The van der Waals surface area contributed by atoms with Gasteiger partial charge in [0.15, 0.2) is 0 Å². The lowest BCUT2D eigenvalue weighted by molar-refractivity contribution is -0.118. The number of hydrogen-bond donors (Lipinski definition) is 2. The third kappa shape index (κ3) is 4.25. The molecule has 2 atom stereocenters. The van der Waals surface area contributed by atoms with Gasteiger partial charge in [-0.25, -0.2) is 4.98 Å². The summed E-state index contributed by atoms with van der Waals surface area (Å²) in [7, 11) is 0. The van der Waals surface area contributed by atoms with Crippen LogP contribution in [0.5, 0.6) is 0 Å². The normalized spacial score (nSPS) is 19.7. The number of nitrogens with one attached hydrogen (secondary N) is 2. The van der Waals surface area contributed by atoms with E-state index in [0.29, 0.717) is 17.1 Å². The van der Waals surface area contributed by atoms with E-state index in [1.54, 1.807) is 48.7 Å². The van der Waals surface area contributed by atoms with E-state index in [9.17, 15) is 9.59 Å². The minimum absolute atomic E-state index is 0.00946. The van der Waals surface area contributed by atoms with Crippen molar-refractivity contribution in [3.63, 3.8) is 0 Å². The molecule has 2 amide bonds. The Balaban J connectivity index is 1.68. The molecule has 0 radical (unpaired) electrons. The van der Waals surface area contributed by atoms with Crippen LogP contribution in [0.2, 0.25) is 0 Å². The summed E-state index contributed by atoms with van der Waals surface area (Å²) < 4.78 is 0. The zero-order valence-electron chi connectivity index (χ0n) is 16.1. The van der Waals surface area contributed by atoms with Crippen molar-refractivity contribution in [2.24, 2.45) is 17.3 Å². The van der Waals surface area contributed by atoms with Gasteiger partial charge in [0.25, 0.3) is 5.91 Å². The topological polar surface area (TPSA) is 71.1 Å². The molecule has 27 heavy (non-hydrogen) atoms. The molecule has 1 aromatic carbocycles. The Morgan fingerprint density at radius 3 is 2.52 bits per heavy atom. The Hall–Kier alpha value is -2.95. The molecule has 5 nitrogen and oxygen atoms in total. The minimum Gasteiger partial charge on any atom is -0.326 e. The molecule has 5 heteroatoms. The number of nitrogens with zero attached hydrogens (tertiary/aromatic N) is 1. The molecule has 0 unspecified atom stereocenters. The highest BCUT2D eigenvalue weighted by atomic mass is 16.2. The smallest absolute Gasteiger partial charge is 0.256 e. The molecule has 0 spiro atoms. The van der Waals surface area contributed by atoms with Crippen LogP contribution in [-0.4, -0.2) is 16.8 Å². The first kappa shape index (κ1) is 18.8. The maximum Gasteiger partial charge on any atom is 0.256 e. The van der Waals surface area contributed by atoms with Crippen molar-refractivity contribution in [2.45, 2.75) is 27.7 Å². The van der Waals surface area contributed by atoms with Gasteiger partial charge < -0.3 is 10.6 Å². The summed E-state index contributed by atoms with van der Waals surface area (Å²) in [5.74, 6) is 0.404. The van der Waals surface area contributed by atoms with Gasteiger partial charge in [-0.2, -0.15) is 0 Å². The van der Waals surface area contributed by atoms with Crippen LogP contribution in [0.25, 0.3) is 0 Å². The van der Waals surface area contributed by atoms with Gasteiger partial charge in [-0.15, -0.1) is 0 Å². The second-order valence-electron chi connectivity index (χ2n) is 7.81. The lowest BCUT2D eigenvalue weighted by Gasteiger charge is -2.09. The summed E-state index contributed by atoms with van der Waals surface area (Å²) in [5, 5.41) is 5.70. The van der Waals surface area contributed by atoms with E-state index < -0.39 is 0 Å². The average molecular weight is 363 g/mol. The number of anilines is 2. The van der Waals surface area contributed by atoms with Gasteiger partial charge in [-0.05, 0) is 55.5 Å². The van der Waals surface area contributed by atoms with Gasteiger partial charge in [0.1, 0.15) is 5.82 Å². The first-order valence-electron chi connectivity index (χ1n) is 9.07. The fraction of sp³-hybridized carbons (Fsp3) is 0.318. The summed E-state index contributed by atoms with van der Waals surface area (Å²) in [6.07, 6.45) is 3.79. The summed E-state index contributed by atoms with van der Waals surface area (Å²) in [5.41, 5.74) is 2.26. The van der Waals surface area contributed by atoms with Gasteiger partial charge in [0.2, 0.25) is 5.91 Å². The highest BCUT2D eigenvalue weighted by Crippen LogP contribution is 2.59. The first-order chi connectivity index (χ1) is 12.8. The number of pyridine rings is 1. The third-order valence-electron chi connectivity index (χ3n) is 5.00. The molecule has 0 bridgehead atoms. The summed E-state index contributed by atoms with van der Waals surface area (Å²) in [4.78, 5) is 29.2. The van der Waals surface area contributed by atoms with Crippen molar-refractivity contribution in [1.29, 1.82) is 0 Å². The standard InChI is InChI=1S/C22H25N3O2/c1-14(2)12-17-19(22(17,3)4)21(27)24-16-9-7-8-15(13-16)20(26)25-18-10-5-6-11-23-18/h5-13,17,19H,1-4H3,(H,24,27)(H,23,25,26)/t17-,19-/m0/s1. The van der Waals surface area contributed by atoms with Crippen LogP contribution in [0.15, 0.2) is 60.3 Å². The fourth-order valence-electron chi connectivity index (χ4n) is 3.43. The monoisotopic (exact) mass is 363 g/mol. The van der Waals surface area contributed by atoms with E-state index in [0.717, 1.165) is 0 Å². The molecule has 1 aromatic heterocycles. The molecule has 1 saturated carbocycles. The van der Waals surface area contributed by atoms with Crippen molar-refractivity contribution in [1.82, 2.24) is 4.98 Å². The highest BCUT2D eigenvalue weighted by Gasteiger charge is 2.60. The zero-order chi connectivity index (χ0) is 19.6. The molecule has 2 aromatic rings. The average Bonchev–Trinajstić information content (AvgIpc) is 3.15. The number of allylic oxidation sites excluding steroid dienone is 2. The van der Waals surface area contributed by atoms with Crippen molar-refractivity contribution < 1.29 is 9.59 Å². The molecule has 1 aliphatic carbocycles. The Morgan fingerprint density at radius 1 is 1.07 bits per heavy atom. The molecule has 140 valence electrons. The number of benzene rings is 1. The summed E-state index contributed by atoms with van der Waals surface area (Å²) in [6, 6.07) is 12.3. The Kier molecular flexibility index (Phi) is 5.13. The van der Waals surface area contributed by atoms with Crippen LogP contribution in [0.3, 0.4) is 0 Å². The number of hydrogen-bond acceptors (Lipinski definition) is 3. The molecule has 3 rings (SSSR count). The zero-order valence-corrected chi connectivity index (χ0v) is 16.1. The first-order valence-corrected chi connectivity index (χ1v) is 9.07. The predicted molar refractivity (Wildman–Crippen MR) is 107 cm³/mol. The number of amides is 2. The largest absolute Gasteiger partial charge is 0.326 e. The third-order valence-corrected chi connectivity index (χ3v) is 5.00. The van der Waals surface area contributed by atoms with Crippen LogP contribution < -0.4 is 10.6 Å². The Bertz CT molecular complexity index is 883. The van der Waals surface area contributed by atoms with Crippen molar-refractivity contribution in [3.05, 3.63) is 65.9 Å².